The molecule has 26 heavy (non-hydrogen) atoms. The minimum atomic E-state index is -4.88. The molecule has 0 bridgehead atoms. The molecule has 0 spiro atoms. The number of rotatable bonds is 7. The number of alkyl halides is 3. The monoisotopic (exact) mass is 372 g/mol. The SMILES string of the molecule is CC(C)N(c1ccc(C(=O)C(F)(F)F)cc1N(C(C)C)C(C)C)C(C)C. The van der Waals surface area contributed by atoms with Gasteiger partial charge in [0.15, 0.2) is 0 Å². The first kappa shape index (κ1) is 22.3. The van der Waals surface area contributed by atoms with Gasteiger partial charge in [-0.05, 0) is 73.6 Å². The fraction of sp³-hybridized carbons (Fsp3) is 0.650. The molecule has 0 fully saturated rings. The minimum Gasteiger partial charge on any atom is -0.365 e. The van der Waals surface area contributed by atoms with Crippen LogP contribution in [0.5, 0.6) is 0 Å². The lowest BCUT2D eigenvalue weighted by Gasteiger charge is -2.40. The van der Waals surface area contributed by atoms with Gasteiger partial charge in [-0.25, -0.2) is 0 Å². The zero-order valence-electron chi connectivity index (χ0n) is 17.0. The summed E-state index contributed by atoms with van der Waals surface area (Å²) in [4.78, 5) is 16.0. The van der Waals surface area contributed by atoms with E-state index in [0.717, 1.165) is 5.69 Å². The lowest BCUT2D eigenvalue weighted by molar-refractivity contribution is -0.0885. The second-order valence-electron chi connectivity index (χ2n) is 7.72. The first-order valence-corrected chi connectivity index (χ1v) is 9.11. The number of Topliss-reactive ketones (excluding diaryl/α,β-unsaturated/α-hetero) is 1. The normalized spacial score (nSPS) is 12.4. The van der Waals surface area contributed by atoms with Gasteiger partial charge in [0.2, 0.25) is 0 Å². The van der Waals surface area contributed by atoms with Crippen LogP contribution in [0.2, 0.25) is 0 Å². The van der Waals surface area contributed by atoms with Crippen LogP contribution in [0.3, 0.4) is 0 Å². The van der Waals surface area contributed by atoms with Gasteiger partial charge in [-0.15, -0.1) is 0 Å². The van der Waals surface area contributed by atoms with E-state index in [2.05, 4.69) is 9.80 Å². The second kappa shape index (κ2) is 8.31. The van der Waals surface area contributed by atoms with Gasteiger partial charge in [-0.2, -0.15) is 13.2 Å². The molecule has 0 saturated carbocycles. The van der Waals surface area contributed by atoms with Crippen LogP contribution in [0, 0.1) is 0 Å². The number of ketones is 1. The molecule has 0 saturated heterocycles. The maximum absolute atomic E-state index is 12.9. The lowest BCUT2D eigenvalue weighted by atomic mass is 10.0. The predicted molar refractivity (Wildman–Crippen MR) is 102 cm³/mol. The maximum atomic E-state index is 12.9. The topological polar surface area (TPSA) is 23.6 Å². The summed E-state index contributed by atoms with van der Waals surface area (Å²) in [5.41, 5.74) is 1.18. The van der Waals surface area contributed by atoms with Crippen LogP contribution >= 0.6 is 0 Å². The molecular weight excluding hydrogens is 341 g/mol. The average molecular weight is 372 g/mol. The zero-order chi connectivity index (χ0) is 20.4. The van der Waals surface area contributed by atoms with E-state index in [1.807, 2.05) is 55.4 Å². The first-order chi connectivity index (χ1) is 11.8. The Morgan fingerprint density at radius 3 is 1.50 bits per heavy atom. The van der Waals surface area contributed by atoms with Crippen LogP contribution in [-0.2, 0) is 0 Å². The summed E-state index contributed by atoms with van der Waals surface area (Å²) in [7, 11) is 0. The van der Waals surface area contributed by atoms with Gasteiger partial charge >= 0.3 is 6.18 Å². The van der Waals surface area contributed by atoms with E-state index in [0.29, 0.717) is 5.69 Å². The molecule has 0 unspecified atom stereocenters. The summed E-state index contributed by atoms with van der Waals surface area (Å²) >= 11 is 0. The van der Waals surface area contributed by atoms with Crippen molar-refractivity contribution in [2.75, 3.05) is 9.80 Å². The van der Waals surface area contributed by atoms with Gasteiger partial charge in [-0.3, -0.25) is 4.79 Å². The number of nitrogens with zero attached hydrogens (tertiary/aromatic N) is 2. The molecule has 0 radical (unpaired) electrons. The Labute approximate surface area is 155 Å². The quantitative estimate of drug-likeness (QED) is 0.576. The second-order valence-corrected chi connectivity index (χ2v) is 7.72. The molecule has 0 heterocycles. The Morgan fingerprint density at radius 1 is 0.769 bits per heavy atom. The van der Waals surface area contributed by atoms with E-state index < -0.39 is 12.0 Å². The highest BCUT2D eigenvalue weighted by molar-refractivity contribution is 6.02. The number of hydrogen-bond donors (Lipinski definition) is 0. The maximum Gasteiger partial charge on any atom is 0.454 e. The van der Waals surface area contributed by atoms with E-state index in [1.54, 1.807) is 6.07 Å². The number of anilines is 2. The number of halogens is 3. The van der Waals surface area contributed by atoms with Gasteiger partial charge in [0.05, 0.1) is 11.4 Å². The molecule has 1 aromatic rings. The van der Waals surface area contributed by atoms with Crippen molar-refractivity contribution in [3.8, 4) is 0 Å². The Hall–Kier alpha value is -1.72. The molecule has 0 atom stereocenters. The van der Waals surface area contributed by atoms with Gasteiger partial charge < -0.3 is 9.80 Å². The van der Waals surface area contributed by atoms with Crippen LogP contribution in [0.4, 0.5) is 24.5 Å². The Morgan fingerprint density at radius 2 is 1.15 bits per heavy atom. The van der Waals surface area contributed by atoms with Crippen molar-refractivity contribution >= 4 is 17.2 Å². The fourth-order valence-corrected chi connectivity index (χ4v) is 3.56. The summed E-state index contributed by atoms with van der Waals surface area (Å²) in [6.45, 7) is 16.2. The fourth-order valence-electron chi connectivity index (χ4n) is 3.56. The Bertz CT molecular complexity index is 606. The lowest BCUT2D eigenvalue weighted by Crippen LogP contribution is -2.42. The van der Waals surface area contributed by atoms with Gasteiger partial charge in [-0.1, -0.05) is 0 Å². The molecule has 0 aliphatic carbocycles. The van der Waals surface area contributed by atoms with Crippen molar-refractivity contribution in [1.29, 1.82) is 0 Å². The molecule has 3 nitrogen and oxygen atoms in total. The predicted octanol–water partition coefficient (Wildman–Crippen LogP) is 5.68. The summed E-state index contributed by atoms with van der Waals surface area (Å²) in [5, 5.41) is 0. The van der Waals surface area contributed by atoms with Crippen LogP contribution in [0.25, 0.3) is 0 Å². The minimum absolute atomic E-state index is 0.0752. The average Bonchev–Trinajstić information content (AvgIpc) is 2.45. The molecule has 1 aromatic carbocycles. The third-order valence-corrected chi connectivity index (χ3v) is 4.28. The van der Waals surface area contributed by atoms with Gasteiger partial charge in [0.1, 0.15) is 0 Å². The van der Waals surface area contributed by atoms with Crippen molar-refractivity contribution in [2.45, 2.75) is 85.7 Å². The Kier molecular flexibility index (Phi) is 7.14. The Balaban J connectivity index is 3.68. The van der Waals surface area contributed by atoms with Crippen molar-refractivity contribution in [3.05, 3.63) is 23.8 Å². The number of benzene rings is 1. The third-order valence-electron chi connectivity index (χ3n) is 4.28. The molecule has 0 aromatic heterocycles. The third kappa shape index (κ3) is 4.92. The molecule has 0 N–H and O–H groups in total. The van der Waals surface area contributed by atoms with Gasteiger partial charge in [0, 0.05) is 29.7 Å². The zero-order valence-corrected chi connectivity index (χ0v) is 17.0. The number of carbonyl (C=O) groups excluding carboxylic acids is 1. The van der Waals surface area contributed by atoms with E-state index in [-0.39, 0.29) is 29.7 Å². The largest absolute Gasteiger partial charge is 0.454 e. The first-order valence-electron chi connectivity index (χ1n) is 9.11. The smallest absolute Gasteiger partial charge is 0.365 e. The summed E-state index contributed by atoms with van der Waals surface area (Å²) < 4.78 is 38.8. The van der Waals surface area contributed by atoms with Crippen molar-refractivity contribution in [1.82, 2.24) is 0 Å². The van der Waals surface area contributed by atoms with E-state index in [4.69, 9.17) is 0 Å². The number of hydrogen-bond acceptors (Lipinski definition) is 3. The van der Waals surface area contributed by atoms with Crippen LogP contribution < -0.4 is 9.80 Å². The number of carbonyl (C=O) groups is 1. The molecule has 1 rings (SSSR count). The molecule has 6 heteroatoms. The van der Waals surface area contributed by atoms with Crippen LogP contribution in [0.15, 0.2) is 18.2 Å². The summed E-state index contributed by atoms with van der Waals surface area (Å²) in [6, 6.07) is 4.80. The van der Waals surface area contributed by atoms with E-state index in [9.17, 15) is 18.0 Å². The van der Waals surface area contributed by atoms with E-state index in [1.165, 1.54) is 12.1 Å². The molecular formula is C20H31F3N2O. The molecule has 0 amide bonds. The molecule has 0 aliphatic heterocycles. The van der Waals surface area contributed by atoms with E-state index >= 15 is 0 Å². The highest BCUT2D eigenvalue weighted by Crippen LogP contribution is 2.37. The highest BCUT2D eigenvalue weighted by atomic mass is 19.4. The molecule has 0 aliphatic rings. The summed E-state index contributed by atoms with van der Waals surface area (Å²) in [6.07, 6.45) is -4.88. The van der Waals surface area contributed by atoms with Crippen molar-refractivity contribution in [3.63, 3.8) is 0 Å². The molecule has 148 valence electrons. The van der Waals surface area contributed by atoms with Crippen molar-refractivity contribution < 1.29 is 18.0 Å². The standard InChI is InChI=1S/C20H31F3N2O/c1-12(2)24(13(3)4)17-10-9-16(19(26)20(21,22)23)11-18(17)25(14(5)6)15(7)8/h9-15H,1-8H3. The van der Waals surface area contributed by atoms with Crippen LogP contribution in [0.1, 0.15) is 65.7 Å². The van der Waals surface area contributed by atoms with Crippen LogP contribution in [-0.4, -0.2) is 36.1 Å². The summed E-state index contributed by atoms with van der Waals surface area (Å²) in [5.74, 6) is -1.81. The van der Waals surface area contributed by atoms with Gasteiger partial charge in [0.25, 0.3) is 5.78 Å². The van der Waals surface area contributed by atoms with Crippen molar-refractivity contribution in [2.24, 2.45) is 0 Å². The highest BCUT2D eigenvalue weighted by Gasteiger charge is 2.40.